The number of H-pyrrole nitrogens is 1. The standard InChI is InChI=1S/C18H27NOSi/c1-12(2)21(13(3)4,14(5)6)18-16(11-20)15-9-7-8-10-17(15)19-18/h7-14,19H,1-6H3. The maximum Gasteiger partial charge on any atom is 0.152 e. The van der Waals surface area contributed by atoms with E-state index in [9.17, 15) is 4.79 Å². The summed E-state index contributed by atoms with van der Waals surface area (Å²) in [4.78, 5) is 15.4. The Labute approximate surface area is 129 Å². The van der Waals surface area contributed by atoms with Gasteiger partial charge in [-0.15, -0.1) is 0 Å². The first-order valence-electron chi connectivity index (χ1n) is 7.93. The lowest BCUT2D eigenvalue weighted by Crippen LogP contribution is -2.57. The second-order valence-electron chi connectivity index (χ2n) is 6.97. The summed E-state index contributed by atoms with van der Waals surface area (Å²) in [6.45, 7) is 14.0. The Hall–Kier alpha value is -1.35. The van der Waals surface area contributed by atoms with Gasteiger partial charge in [-0.05, 0) is 22.7 Å². The summed E-state index contributed by atoms with van der Waals surface area (Å²) in [6.07, 6.45) is 1.06. The summed E-state index contributed by atoms with van der Waals surface area (Å²) in [7, 11) is -1.84. The Kier molecular flexibility index (Phi) is 4.42. The zero-order chi connectivity index (χ0) is 15.8. The van der Waals surface area contributed by atoms with Crippen LogP contribution in [0.5, 0.6) is 0 Å². The normalized spacial score (nSPS) is 12.8. The van der Waals surface area contributed by atoms with E-state index in [1.807, 2.05) is 12.1 Å². The maximum absolute atomic E-state index is 11.8. The van der Waals surface area contributed by atoms with Gasteiger partial charge in [-0.3, -0.25) is 4.79 Å². The number of carbonyl (C=O) groups excluding carboxylic acids is 1. The topological polar surface area (TPSA) is 32.9 Å². The number of benzene rings is 1. The summed E-state index contributed by atoms with van der Waals surface area (Å²) >= 11 is 0. The average Bonchev–Trinajstić information content (AvgIpc) is 2.76. The lowest BCUT2D eigenvalue weighted by Gasteiger charge is -2.42. The van der Waals surface area contributed by atoms with Gasteiger partial charge < -0.3 is 4.98 Å². The number of carbonyl (C=O) groups is 1. The fourth-order valence-corrected chi connectivity index (χ4v) is 11.2. The van der Waals surface area contributed by atoms with Crippen molar-refractivity contribution in [3.8, 4) is 0 Å². The molecule has 114 valence electrons. The number of rotatable bonds is 5. The molecular formula is C18H27NOSi. The van der Waals surface area contributed by atoms with E-state index in [1.165, 1.54) is 5.32 Å². The van der Waals surface area contributed by atoms with Crippen LogP contribution in [-0.2, 0) is 0 Å². The highest BCUT2D eigenvalue weighted by Crippen LogP contribution is 2.42. The zero-order valence-electron chi connectivity index (χ0n) is 14.0. The minimum absolute atomic E-state index is 0.587. The molecule has 0 amide bonds. The number of nitrogens with one attached hydrogen (secondary N) is 1. The fraction of sp³-hybridized carbons (Fsp3) is 0.500. The Bertz CT molecular complexity index is 618. The minimum atomic E-state index is -1.84. The van der Waals surface area contributed by atoms with E-state index in [0.29, 0.717) is 16.6 Å². The number of aromatic nitrogens is 1. The zero-order valence-corrected chi connectivity index (χ0v) is 15.0. The molecule has 1 aromatic heterocycles. The molecule has 2 nitrogen and oxygen atoms in total. The molecule has 0 saturated heterocycles. The molecule has 0 aliphatic rings. The Morgan fingerprint density at radius 2 is 1.48 bits per heavy atom. The van der Waals surface area contributed by atoms with Gasteiger partial charge >= 0.3 is 0 Å². The van der Waals surface area contributed by atoms with Gasteiger partial charge in [-0.25, -0.2) is 0 Å². The largest absolute Gasteiger partial charge is 0.361 e. The third-order valence-electron chi connectivity index (χ3n) is 5.16. The van der Waals surface area contributed by atoms with E-state index in [2.05, 4.69) is 58.7 Å². The van der Waals surface area contributed by atoms with E-state index in [0.717, 1.165) is 22.8 Å². The molecule has 0 radical (unpaired) electrons. The first-order chi connectivity index (χ1) is 9.87. The molecule has 0 aliphatic carbocycles. The van der Waals surface area contributed by atoms with Gasteiger partial charge in [0.1, 0.15) is 8.07 Å². The van der Waals surface area contributed by atoms with Gasteiger partial charge in [0.2, 0.25) is 0 Å². The quantitative estimate of drug-likeness (QED) is 0.620. The Balaban J connectivity index is 2.85. The minimum Gasteiger partial charge on any atom is -0.361 e. The molecule has 0 atom stereocenters. The van der Waals surface area contributed by atoms with Crippen molar-refractivity contribution in [1.29, 1.82) is 0 Å². The van der Waals surface area contributed by atoms with E-state index >= 15 is 0 Å². The average molecular weight is 302 g/mol. The second kappa shape index (κ2) is 5.80. The Morgan fingerprint density at radius 3 is 1.95 bits per heavy atom. The molecule has 1 N–H and O–H groups in total. The molecule has 0 spiro atoms. The van der Waals surface area contributed by atoms with Crippen molar-refractivity contribution < 1.29 is 4.79 Å². The van der Waals surface area contributed by atoms with Crippen LogP contribution >= 0.6 is 0 Å². The monoisotopic (exact) mass is 301 g/mol. The number of hydrogen-bond donors (Lipinski definition) is 1. The van der Waals surface area contributed by atoms with Crippen LogP contribution < -0.4 is 5.32 Å². The fourth-order valence-electron chi connectivity index (χ4n) is 4.49. The van der Waals surface area contributed by atoms with E-state index < -0.39 is 8.07 Å². The van der Waals surface area contributed by atoms with Crippen molar-refractivity contribution in [2.45, 2.75) is 58.2 Å². The van der Waals surface area contributed by atoms with Crippen LogP contribution in [0.4, 0.5) is 0 Å². The van der Waals surface area contributed by atoms with E-state index in [-0.39, 0.29) is 0 Å². The van der Waals surface area contributed by atoms with Gasteiger partial charge in [0, 0.05) is 21.8 Å². The molecule has 2 aromatic rings. The number of aldehydes is 1. The molecule has 1 heterocycles. The third kappa shape index (κ3) is 2.28. The predicted molar refractivity (Wildman–Crippen MR) is 94.4 cm³/mol. The van der Waals surface area contributed by atoms with Crippen molar-refractivity contribution in [3.05, 3.63) is 29.8 Å². The van der Waals surface area contributed by atoms with Crippen LogP contribution in [0.15, 0.2) is 24.3 Å². The molecule has 0 fully saturated rings. The maximum atomic E-state index is 11.8. The highest BCUT2D eigenvalue weighted by Gasteiger charge is 2.47. The lowest BCUT2D eigenvalue weighted by molar-refractivity contribution is 0.112. The van der Waals surface area contributed by atoms with Crippen LogP contribution in [0, 0.1) is 0 Å². The van der Waals surface area contributed by atoms with Gasteiger partial charge in [-0.2, -0.15) is 0 Å². The van der Waals surface area contributed by atoms with Crippen molar-refractivity contribution in [1.82, 2.24) is 4.98 Å². The summed E-state index contributed by atoms with van der Waals surface area (Å²) in [5, 5.41) is 2.32. The van der Waals surface area contributed by atoms with Gasteiger partial charge in [-0.1, -0.05) is 59.7 Å². The lowest BCUT2D eigenvalue weighted by atomic mass is 10.2. The highest BCUT2D eigenvalue weighted by molar-refractivity contribution is 6.95. The number of aromatic amines is 1. The van der Waals surface area contributed by atoms with Gasteiger partial charge in [0.05, 0.1) is 0 Å². The van der Waals surface area contributed by atoms with Crippen LogP contribution in [0.25, 0.3) is 10.9 Å². The van der Waals surface area contributed by atoms with Crippen molar-refractivity contribution >= 4 is 30.6 Å². The second-order valence-corrected chi connectivity index (χ2v) is 12.8. The van der Waals surface area contributed by atoms with Crippen LogP contribution in [0.1, 0.15) is 51.9 Å². The summed E-state index contributed by atoms with van der Waals surface area (Å²) in [5.74, 6) is 0. The van der Waals surface area contributed by atoms with Crippen LogP contribution in [-0.4, -0.2) is 19.3 Å². The first kappa shape index (κ1) is 16.0. The molecule has 0 unspecified atom stereocenters. The molecule has 21 heavy (non-hydrogen) atoms. The predicted octanol–water partition coefficient (Wildman–Crippen LogP) is 4.87. The smallest absolute Gasteiger partial charge is 0.152 e. The summed E-state index contributed by atoms with van der Waals surface area (Å²) in [5.41, 5.74) is 3.75. The molecule has 2 rings (SSSR count). The van der Waals surface area contributed by atoms with E-state index in [1.54, 1.807) is 0 Å². The van der Waals surface area contributed by atoms with Gasteiger partial charge in [0.15, 0.2) is 6.29 Å². The number of hydrogen-bond acceptors (Lipinski definition) is 1. The van der Waals surface area contributed by atoms with E-state index in [4.69, 9.17) is 0 Å². The highest BCUT2D eigenvalue weighted by atomic mass is 28.3. The summed E-state index contributed by atoms with van der Waals surface area (Å²) in [6, 6.07) is 8.17. The first-order valence-corrected chi connectivity index (χ1v) is 10.2. The van der Waals surface area contributed by atoms with Crippen molar-refractivity contribution in [3.63, 3.8) is 0 Å². The Morgan fingerprint density at radius 1 is 0.952 bits per heavy atom. The molecule has 0 bridgehead atoms. The molecule has 3 heteroatoms. The van der Waals surface area contributed by atoms with Crippen molar-refractivity contribution in [2.24, 2.45) is 0 Å². The number of para-hydroxylation sites is 1. The van der Waals surface area contributed by atoms with Gasteiger partial charge in [0.25, 0.3) is 0 Å². The molecule has 0 saturated carbocycles. The molecule has 1 aromatic carbocycles. The van der Waals surface area contributed by atoms with Crippen LogP contribution in [0.2, 0.25) is 16.6 Å². The number of fused-ring (bicyclic) bond motifs is 1. The van der Waals surface area contributed by atoms with Crippen molar-refractivity contribution in [2.75, 3.05) is 0 Å². The summed E-state index contributed by atoms with van der Waals surface area (Å²) < 4.78 is 0. The van der Waals surface area contributed by atoms with Crippen LogP contribution in [0.3, 0.4) is 0 Å². The third-order valence-corrected chi connectivity index (χ3v) is 12.2. The molecular weight excluding hydrogens is 274 g/mol. The SMILES string of the molecule is CC(C)[Si](c1[nH]c2ccccc2c1C=O)(C(C)C)C(C)C. The molecule has 0 aliphatic heterocycles.